The molecule has 1 aliphatic heterocycles. The van der Waals surface area contributed by atoms with Gasteiger partial charge in [-0.3, -0.25) is 4.79 Å². The van der Waals surface area contributed by atoms with Crippen LogP contribution >= 0.6 is 11.3 Å². The van der Waals surface area contributed by atoms with Crippen molar-refractivity contribution in [2.75, 3.05) is 6.54 Å². The van der Waals surface area contributed by atoms with E-state index in [1.54, 1.807) is 22.5 Å². The average Bonchev–Trinajstić information content (AvgIpc) is 3.34. The highest BCUT2D eigenvalue weighted by molar-refractivity contribution is 7.13. The first-order chi connectivity index (χ1) is 12.1. The molecule has 1 fully saturated rings. The van der Waals surface area contributed by atoms with Crippen LogP contribution in [0, 0.1) is 12.7 Å². The van der Waals surface area contributed by atoms with E-state index < -0.39 is 5.82 Å². The van der Waals surface area contributed by atoms with Gasteiger partial charge >= 0.3 is 0 Å². The highest BCUT2D eigenvalue weighted by Gasteiger charge is 2.35. The van der Waals surface area contributed by atoms with Crippen LogP contribution in [0.25, 0.3) is 10.8 Å². The zero-order valence-electron chi connectivity index (χ0n) is 13.5. The van der Waals surface area contributed by atoms with Crippen LogP contribution in [-0.2, 0) is 0 Å². The Kier molecular flexibility index (Phi) is 4.04. The van der Waals surface area contributed by atoms with E-state index in [0.29, 0.717) is 24.7 Å². The lowest BCUT2D eigenvalue weighted by Gasteiger charge is -2.22. The zero-order chi connectivity index (χ0) is 17.4. The molecule has 1 amide bonds. The smallest absolute Gasteiger partial charge is 0.259 e. The molecule has 3 aromatic rings. The Bertz CT molecular complexity index is 923. The Morgan fingerprint density at radius 1 is 1.36 bits per heavy atom. The number of thiazole rings is 1. The Balaban J connectivity index is 1.62. The molecule has 25 heavy (non-hydrogen) atoms. The van der Waals surface area contributed by atoms with Gasteiger partial charge in [0.15, 0.2) is 0 Å². The van der Waals surface area contributed by atoms with Gasteiger partial charge in [-0.1, -0.05) is 12.1 Å². The predicted octanol–water partition coefficient (Wildman–Crippen LogP) is 3.62. The van der Waals surface area contributed by atoms with E-state index >= 15 is 0 Å². The minimum Gasteiger partial charge on any atom is -0.418 e. The maximum Gasteiger partial charge on any atom is 0.259 e. The third-order valence-corrected chi connectivity index (χ3v) is 5.20. The van der Waals surface area contributed by atoms with Crippen LogP contribution < -0.4 is 0 Å². The third kappa shape index (κ3) is 2.82. The van der Waals surface area contributed by atoms with Gasteiger partial charge in [0.05, 0.1) is 16.8 Å². The van der Waals surface area contributed by atoms with Crippen LogP contribution in [0.3, 0.4) is 0 Å². The van der Waals surface area contributed by atoms with E-state index in [1.807, 2.05) is 6.92 Å². The molecule has 3 heterocycles. The Hall–Kier alpha value is -2.61. The summed E-state index contributed by atoms with van der Waals surface area (Å²) in [5, 5.41) is 8.21. The lowest BCUT2D eigenvalue weighted by molar-refractivity contribution is 0.0711. The average molecular weight is 358 g/mol. The Morgan fingerprint density at radius 2 is 2.20 bits per heavy atom. The lowest BCUT2D eigenvalue weighted by Crippen LogP contribution is -2.31. The molecule has 4 rings (SSSR count). The van der Waals surface area contributed by atoms with E-state index in [9.17, 15) is 9.18 Å². The van der Waals surface area contributed by atoms with Crippen LogP contribution in [0.4, 0.5) is 4.39 Å². The summed E-state index contributed by atoms with van der Waals surface area (Å²) in [5.41, 5.74) is 2.61. The van der Waals surface area contributed by atoms with Crippen molar-refractivity contribution in [1.29, 1.82) is 0 Å². The number of rotatable bonds is 3. The first-order valence-electron chi connectivity index (χ1n) is 7.94. The summed E-state index contributed by atoms with van der Waals surface area (Å²) >= 11 is 1.43. The van der Waals surface area contributed by atoms with Crippen LogP contribution in [0.2, 0.25) is 0 Å². The van der Waals surface area contributed by atoms with Gasteiger partial charge < -0.3 is 9.32 Å². The van der Waals surface area contributed by atoms with Gasteiger partial charge in [0.1, 0.15) is 16.7 Å². The first-order valence-corrected chi connectivity index (χ1v) is 8.82. The molecule has 2 aromatic heterocycles. The molecule has 1 aromatic carbocycles. The van der Waals surface area contributed by atoms with Crippen LogP contribution in [-0.4, -0.2) is 32.5 Å². The predicted molar refractivity (Wildman–Crippen MR) is 89.6 cm³/mol. The molecule has 0 unspecified atom stereocenters. The maximum atomic E-state index is 14.0. The normalized spacial score (nSPS) is 17.2. The van der Waals surface area contributed by atoms with Crippen molar-refractivity contribution in [3.05, 3.63) is 52.7 Å². The first kappa shape index (κ1) is 15.9. The Morgan fingerprint density at radius 3 is 2.96 bits per heavy atom. The molecule has 6 nitrogen and oxygen atoms in total. The van der Waals surface area contributed by atoms with Crippen LogP contribution in [0.1, 0.15) is 40.8 Å². The van der Waals surface area contributed by atoms with Crippen molar-refractivity contribution in [1.82, 2.24) is 20.1 Å². The number of hydrogen-bond acceptors (Lipinski definition) is 6. The summed E-state index contributed by atoms with van der Waals surface area (Å²) < 4.78 is 19.8. The van der Waals surface area contributed by atoms with Crippen molar-refractivity contribution >= 4 is 17.2 Å². The van der Waals surface area contributed by atoms with Crippen molar-refractivity contribution in [3.63, 3.8) is 0 Å². The van der Waals surface area contributed by atoms with Crippen molar-refractivity contribution in [3.8, 4) is 10.8 Å². The number of amides is 1. The number of hydrogen-bond donors (Lipinski definition) is 0. The van der Waals surface area contributed by atoms with E-state index in [2.05, 4.69) is 15.2 Å². The summed E-state index contributed by atoms with van der Waals surface area (Å²) in [6.45, 7) is 2.41. The van der Waals surface area contributed by atoms with Gasteiger partial charge in [-0.15, -0.1) is 21.5 Å². The molecule has 8 heteroatoms. The standard InChI is InChI=1S/C17H15FN4O2S/c1-10-14(25-9-19-10)16-21-20-15(24-16)13-7-4-8-22(13)17(23)11-5-2-3-6-12(11)18/h2-3,5-6,9,13H,4,7-8H2,1H3/t13-/m0/s1. The second-order valence-corrected chi connectivity index (χ2v) is 6.70. The molecule has 128 valence electrons. The maximum absolute atomic E-state index is 14.0. The molecule has 1 atom stereocenters. The van der Waals surface area contributed by atoms with Crippen LogP contribution in [0.5, 0.6) is 0 Å². The van der Waals surface area contributed by atoms with E-state index in [1.165, 1.54) is 23.5 Å². The molecule has 0 N–H and O–H groups in total. The fraction of sp³-hybridized carbons (Fsp3) is 0.294. The number of carbonyl (C=O) groups excluding carboxylic acids is 1. The molecule has 0 saturated carbocycles. The summed E-state index contributed by atoms with van der Waals surface area (Å²) in [6.07, 6.45) is 1.52. The van der Waals surface area contributed by atoms with Gasteiger partial charge in [0.25, 0.3) is 11.8 Å². The summed E-state index contributed by atoms with van der Waals surface area (Å²) in [5.74, 6) is -0.0934. The minimum absolute atomic E-state index is 0.0624. The van der Waals surface area contributed by atoms with Crippen molar-refractivity contribution in [2.24, 2.45) is 0 Å². The van der Waals surface area contributed by atoms with Gasteiger partial charge in [-0.05, 0) is 31.9 Å². The van der Waals surface area contributed by atoms with Crippen molar-refractivity contribution in [2.45, 2.75) is 25.8 Å². The van der Waals surface area contributed by atoms with Crippen molar-refractivity contribution < 1.29 is 13.6 Å². The van der Waals surface area contributed by atoms with Gasteiger partial charge in [0.2, 0.25) is 5.89 Å². The molecule has 0 aliphatic carbocycles. The van der Waals surface area contributed by atoms with E-state index in [4.69, 9.17) is 4.42 Å². The summed E-state index contributed by atoms with van der Waals surface area (Å²) in [7, 11) is 0. The number of aryl methyl sites for hydroxylation is 1. The minimum atomic E-state index is -0.523. The summed E-state index contributed by atoms with van der Waals surface area (Å²) in [4.78, 5) is 19.3. The molecule has 0 bridgehead atoms. The Labute approximate surface area is 147 Å². The number of benzene rings is 1. The second-order valence-electron chi connectivity index (χ2n) is 5.85. The molecular formula is C17H15FN4O2S. The largest absolute Gasteiger partial charge is 0.418 e. The zero-order valence-corrected chi connectivity index (χ0v) is 14.3. The van der Waals surface area contributed by atoms with Gasteiger partial charge in [-0.25, -0.2) is 9.37 Å². The quantitative estimate of drug-likeness (QED) is 0.715. The topological polar surface area (TPSA) is 72.1 Å². The molecule has 0 spiro atoms. The molecule has 1 aliphatic rings. The van der Waals surface area contributed by atoms with Gasteiger partial charge in [-0.2, -0.15) is 0 Å². The highest BCUT2D eigenvalue weighted by atomic mass is 32.1. The number of nitrogens with zero attached hydrogens (tertiary/aromatic N) is 4. The lowest BCUT2D eigenvalue weighted by atomic mass is 10.1. The highest BCUT2D eigenvalue weighted by Crippen LogP contribution is 2.35. The monoisotopic (exact) mass is 358 g/mol. The molecule has 1 saturated heterocycles. The third-order valence-electron chi connectivity index (χ3n) is 4.28. The SMILES string of the molecule is Cc1ncsc1-c1nnc([C@@H]2CCCN2C(=O)c2ccccc2F)o1. The van der Waals surface area contributed by atoms with Gasteiger partial charge in [0, 0.05) is 6.54 Å². The summed E-state index contributed by atoms with van der Waals surface area (Å²) in [6, 6.07) is 5.66. The van der Waals surface area contributed by atoms with E-state index in [-0.39, 0.29) is 17.5 Å². The number of likely N-dealkylation sites (tertiary alicyclic amines) is 1. The van der Waals surface area contributed by atoms with Crippen LogP contribution in [0.15, 0.2) is 34.2 Å². The molecular weight excluding hydrogens is 343 g/mol. The second kappa shape index (κ2) is 6.36. The fourth-order valence-corrected chi connectivity index (χ4v) is 3.75. The number of aromatic nitrogens is 3. The fourth-order valence-electron chi connectivity index (χ4n) is 3.02. The molecule has 0 radical (unpaired) electrons. The number of carbonyl (C=O) groups is 1. The number of halogens is 1. The van der Waals surface area contributed by atoms with E-state index in [0.717, 1.165) is 17.0 Å².